The van der Waals surface area contributed by atoms with Crippen LogP contribution in [-0.2, 0) is 9.53 Å². The van der Waals surface area contributed by atoms with Crippen LogP contribution in [0.1, 0.15) is 5.56 Å². The Labute approximate surface area is 99.3 Å². The molecule has 1 heterocycles. The zero-order valence-corrected chi connectivity index (χ0v) is 10.8. The lowest BCUT2D eigenvalue weighted by Crippen LogP contribution is -2.08. The third kappa shape index (κ3) is 1.71. The molecule has 0 spiro atoms. The van der Waals surface area contributed by atoms with Crippen molar-refractivity contribution in [3.05, 3.63) is 39.1 Å². The summed E-state index contributed by atoms with van der Waals surface area (Å²) in [5.74, 6) is -0.724. The highest BCUT2D eigenvalue weighted by Crippen LogP contribution is 2.36. The van der Waals surface area contributed by atoms with E-state index in [0.717, 1.165) is 3.57 Å². The largest absolute Gasteiger partial charge is 0.505 e. The Morgan fingerprint density at radius 3 is 2.88 bits per heavy atom. The third-order valence-electron chi connectivity index (χ3n) is 2.15. The molecule has 0 radical (unpaired) electrons. The van der Waals surface area contributed by atoms with Gasteiger partial charge in [-0.3, -0.25) is 0 Å². The molecule has 0 bridgehead atoms. The number of carbonyl (C=O) groups is 1. The molecule has 4 nitrogen and oxygen atoms in total. The molecule has 5 heteroatoms. The number of esters is 1. The molecule has 0 amide bonds. The first-order chi connectivity index (χ1) is 7.65. The van der Waals surface area contributed by atoms with E-state index >= 15 is 0 Å². The molecule has 16 heavy (non-hydrogen) atoms. The van der Waals surface area contributed by atoms with Crippen LogP contribution in [0.25, 0.3) is 5.76 Å². The Morgan fingerprint density at radius 2 is 2.19 bits per heavy atom. The average Bonchev–Trinajstić information content (AvgIpc) is 2.33. The molecule has 1 aromatic carbocycles. The van der Waals surface area contributed by atoms with Crippen molar-refractivity contribution >= 4 is 35.4 Å². The molecule has 0 aromatic heterocycles. The van der Waals surface area contributed by atoms with Gasteiger partial charge in [-0.2, -0.15) is 0 Å². The van der Waals surface area contributed by atoms with E-state index in [-0.39, 0.29) is 11.5 Å². The van der Waals surface area contributed by atoms with Gasteiger partial charge in [-0.15, -0.1) is 0 Å². The van der Waals surface area contributed by atoms with Gasteiger partial charge < -0.3 is 9.84 Å². The number of carbonyl (C=O) groups excluding carboxylic acids is 1. The van der Waals surface area contributed by atoms with E-state index in [2.05, 4.69) is 12.4 Å². The Morgan fingerprint density at radius 1 is 1.50 bits per heavy atom. The predicted molar refractivity (Wildman–Crippen MR) is 70.3 cm³/mol. The number of hydrogen-bond donors (Lipinski definition) is 1. The molecule has 1 N–H and O–H groups in total. The standard InChI is InChI=1S/C11H10INO3/c1-12-8-6-4-3-5-7(8)10(14)9(13-12)11(15)16-2/h3-6,14H,1H2,2H3. The van der Waals surface area contributed by atoms with Crippen molar-refractivity contribution in [2.24, 2.45) is 3.15 Å². The minimum Gasteiger partial charge on any atom is -0.505 e. The van der Waals surface area contributed by atoms with Gasteiger partial charge in [-0.1, -0.05) is 22.7 Å². The summed E-state index contributed by atoms with van der Waals surface area (Å²) < 4.78 is 13.7. The molecule has 84 valence electrons. The SMILES string of the molecule is C=I1=NC(C(=O)OC)=C(O)c2ccccc21. The number of aliphatic hydroxyl groups excluding tert-OH is 1. The molecular weight excluding hydrogens is 321 g/mol. The van der Waals surface area contributed by atoms with Crippen LogP contribution in [0.15, 0.2) is 33.1 Å². The maximum Gasteiger partial charge on any atom is 0.361 e. The van der Waals surface area contributed by atoms with Crippen molar-refractivity contribution in [3.8, 4) is 0 Å². The van der Waals surface area contributed by atoms with Crippen molar-refractivity contribution < 1.29 is 14.6 Å². The van der Waals surface area contributed by atoms with Crippen LogP contribution in [0.3, 0.4) is 0 Å². The molecule has 0 aliphatic carbocycles. The fourth-order valence-corrected chi connectivity index (χ4v) is 4.38. The van der Waals surface area contributed by atoms with Crippen molar-refractivity contribution in [1.82, 2.24) is 0 Å². The second-order valence-corrected chi connectivity index (χ2v) is 6.66. The van der Waals surface area contributed by atoms with Crippen molar-refractivity contribution in [2.45, 2.75) is 0 Å². The number of rotatable bonds is 1. The highest BCUT2D eigenvalue weighted by molar-refractivity contribution is 14.2. The molecule has 0 saturated carbocycles. The maximum atomic E-state index is 11.4. The Hall–Kier alpha value is -1.37. The summed E-state index contributed by atoms with van der Waals surface area (Å²) in [4.78, 5) is 11.4. The average molecular weight is 331 g/mol. The molecular formula is C11H10INO3. The monoisotopic (exact) mass is 331 g/mol. The zero-order chi connectivity index (χ0) is 11.7. The van der Waals surface area contributed by atoms with Gasteiger partial charge in [0, 0.05) is 9.13 Å². The van der Waals surface area contributed by atoms with E-state index in [1.807, 2.05) is 12.1 Å². The fourth-order valence-electron chi connectivity index (χ4n) is 1.39. The summed E-state index contributed by atoms with van der Waals surface area (Å²) in [5.41, 5.74) is 0.652. The summed E-state index contributed by atoms with van der Waals surface area (Å²) in [7, 11) is 1.26. The van der Waals surface area contributed by atoms with Crippen LogP contribution in [0, 0.1) is 3.57 Å². The number of fused-ring (bicyclic) bond motifs is 1. The van der Waals surface area contributed by atoms with Crippen LogP contribution in [0.2, 0.25) is 0 Å². The normalized spacial score (nSPS) is 15.3. The first-order valence-corrected chi connectivity index (χ1v) is 8.04. The Balaban J connectivity index is 2.69. The number of benzene rings is 1. The van der Waals surface area contributed by atoms with Crippen molar-refractivity contribution in [3.63, 3.8) is 0 Å². The van der Waals surface area contributed by atoms with E-state index in [9.17, 15) is 9.90 Å². The first-order valence-electron chi connectivity index (χ1n) is 4.47. The van der Waals surface area contributed by atoms with Gasteiger partial charge in [0.25, 0.3) is 0 Å². The molecule has 1 aromatic rings. The number of methoxy groups -OCH3 is 1. The van der Waals surface area contributed by atoms with Crippen LogP contribution in [0.5, 0.6) is 0 Å². The van der Waals surface area contributed by atoms with Crippen LogP contribution >= 0.6 is 19.2 Å². The number of hydrogen-bond acceptors (Lipinski definition) is 4. The highest BCUT2D eigenvalue weighted by Gasteiger charge is 2.22. The molecule has 1 aliphatic rings. The summed E-state index contributed by atoms with van der Waals surface area (Å²) in [5, 5.41) is 9.92. The number of aliphatic hydroxyl groups is 1. The molecule has 0 atom stereocenters. The Kier molecular flexibility index (Phi) is 2.95. The third-order valence-corrected chi connectivity index (χ3v) is 5.50. The quantitative estimate of drug-likeness (QED) is 0.635. The predicted octanol–water partition coefficient (Wildman–Crippen LogP) is 2.39. The van der Waals surface area contributed by atoms with Gasteiger partial charge in [0.15, 0.2) is 11.5 Å². The minimum absolute atomic E-state index is 0.00130. The van der Waals surface area contributed by atoms with Crippen LogP contribution < -0.4 is 0 Å². The lowest BCUT2D eigenvalue weighted by atomic mass is 10.1. The number of halogens is 1. The highest BCUT2D eigenvalue weighted by atomic mass is 127. The summed E-state index contributed by atoms with van der Waals surface area (Å²) in [6.07, 6.45) is 0. The molecule has 0 fully saturated rings. The molecule has 2 rings (SSSR count). The fraction of sp³-hybridized carbons (Fsp3) is 0.0909. The van der Waals surface area contributed by atoms with Gasteiger partial charge in [0.2, 0.25) is 0 Å². The topological polar surface area (TPSA) is 58.9 Å². The zero-order valence-electron chi connectivity index (χ0n) is 8.61. The van der Waals surface area contributed by atoms with E-state index in [1.54, 1.807) is 12.1 Å². The van der Waals surface area contributed by atoms with E-state index in [4.69, 9.17) is 0 Å². The van der Waals surface area contributed by atoms with Crippen molar-refractivity contribution in [1.29, 1.82) is 0 Å². The van der Waals surface area contributed by atoms with Crippen LogP contribution in [0.4, 0.5) is 0 Å². The van der Waals surface area contributed by atoms with E-state index in [0.29, 0.717) is 5.56 Å². The summed E-state index contributed by atoms with van der Waals surface area (Å²) in [6.45, 7) is 0. The summed E-state index contributed by atoms with van der Waals surface area (Å²) in [6, 6.07) is 7.33. The maximum absolute atomic E-state index is 11.4. The lowest BCUT2D eigenvalue weighted by molar-refractivity contribution is -0.136. The smallest absolute Gasteiger partial charge is 0.361 e. The first kappa shape index (κ1) is 11.1. The number of ether oxygens (including phenoxy) is 1. The van der Waals surface area contributed by atoms with Gasteiger partial charge in [0.1, 0.15) is 0 Å². The lowest BCUT2D eigenvalue weighted by Gasteiger charge is -2.13. The second kappa shape index (κ2) is 4.25. The van der Waals surface area contributed by atoms with Gasteiger partial charge in [-0.05, 0) is 25.2 Å². The van der Waals surface area contributed by atoms with E-state index < -0.39 is 25.1 Å². The van der Waals surface area contributed by atoms with E-state index in [1.165, 1.54) is 7.11 Å². The Bertz CT molecular complexity index is 568. The minimum atomic E-state index is -1.98. The molecule has 0 unspecified atom stereocenters. The number of nitrogens with zero attached hydrogens (tertiary/aromatic N) is 1. The van der Waals surface area contributed by atoms with Crippen molar-refractivity contribution in [2.75, 3.05) is 7.11 Å². The second-order valence-electron chi connectivity index (χ2n) is 3.09. The van der Waals surface area contributed by atoms with Gasteiger partial charge in [0.05, 0.1) is 7.11 Å². The summed E-state index contributed by atoms with van der Waals surface area (Å²) >= 11 is -1.98. The van der Waals surface area contributed by atoms with Gasteiger partial charge >= 0.3 is 5.97 Å². The molecule has 1 aliphatic heterocycles. The van der Waals surface area contributed by atoms with Crippen LogP contribution in [-0.4, -0.2) is 22.7 Å². The molecule has 0 saturated heterocycles. The van der Waals surface area contributed by atoms with Gasteiger partial charge in [-0.25, -0.2) is 7.94 Å².